The Morgan fingerprint density at radius 3 is 2.44 bits per heavy atom. The van der Waals surface area contributed by atoms with Crippen LogP contribution in [0, 0.1) is 0 Å². The van der Waals surface area contributed by atoms with Gasteiger partial charge in [0.05, 0.1) is 5.75 Å². The molecule has 11 heteroatoms. The number of ether oxygens (including phenoxy) is 1. The molecule has 0 spiro atoms. The minimum absolute atomic E-state index is 0.0639. The fourth-order valence-corrected chi connectivity index (χ4v) is 4.36. The third-order valence-corrected chi connectivity index (χ3v) is 6.32. The molecule has 4 aromatic rings. The van der Waals surface area contributed by atoms with Gasteiger partial charge in [0.2, 0.25) is 5.91 Å². The molecule has 0 fully saturated rings. The zero-order valence-electron chi connectivity index (χ0n) is 19.4. The molecule has 36 heavy (non-hydrogen) atoms. The van der Waals surface area contributed by atoms with E-state index in [1.165, 1.54) is 29.5 Å². The van der Waals surface area contributed by atoms with Crippen LogP contribution in [0.5, 0.6) is 5.75 Å². The normalized spacial score (nSPS) is 11.4. The van der Waals surface area contributed by atoms with Gasteiger partial charge in [-0.25, -0.2) is 0 Å². The predicted molar refractivity (Wildman–Crippen MR) is 131 cm³/mol. The number of aromatic nitrogens is 4. The van der Waals surface area contributed by atoms with E-state index in [1.54, 1.807) is 0 Å². The first-order valence-electron chi connectivity index (χ1n) is 11.1. The van der Waals surface area contributed by atoms with Gasteiger partial charge in [-0.15, -0.1) is 23.4 Å². The molecule has 2 aromatic carbocycles. The molecule has 0 aliphatic rings. The van der Waals surface area contributed by atoms with Crippen molar-refractivity contribution < 1.29 is 22.7 Å². The van der Waals surface area contributed by atoms with Crippen molar-refractivity contribution in [2.75, 3.05) is 11.1 Å². The second-order valence-corrected chi connectivity index (χ2v) is 8.92. The smallest absolute Gasteiger partial charge is 0.406 e. The predicted octanol–water partition coefficient (Wildman–Crippen LogP) is 5.08. The number of halogens is 3. The molecule has 4 rings (SSSR count). The lowest BCUT2D eigenvalue weighted by atomic mass is 10.1. The van der Waals surface area contributed by atoms with E-state index < -0.39 is 6.36 Å². The van der Waals surface area contributed by atoms with Crippen molar-refractivity contribution in [1.82, 2.24) is 19.3 Å². The van der Waals surface area contributed by atoms with Crippen LogP contribution >= 0.6 is 11.8 Å². The number of alkyl halides is 3. The van der Waals surface area contributed by atoms with Crippen LogP contribution < -0.4 is 10.1 Å². The Balaban J connectivity index is 1.41. The second-order valence-electron chi connectivity index (χ2n) is 7.98. The number of carbonyl (C=O) groups excluding carboxylic acids is 1. The number of carbonyl (C=O) groups is 1. The van der Waals surface area contributed by atoms with Crippen LogP contribution in [0.15, 0.2) is 78.1 Å². The molecular weight excluding hydrogens is 491 g/mol. The maximum Gasteiger partial charge on any atom is 0.573 e. The van der Waals surface area contributed by atoms with E-state index >= 15 is 0 Å². The summed E-state index contributed by atoms with van der Waals surface area (Å²) in [6, 6.07) is 19.1. The highest BCUT2D eigenvalue weighted by molar-refractivity contribution is 7.99. The van der Waals surface area contributed by atoms with E-state index in [9.17, 15) is 18.0 Å². The Morgan fingerprint density at radius 1 is 1.03 bits per heavy atom. The molecule has 0 bridgehead atoms. The average molecular weight is 516 g/mol. The maximum atomic E-state index is 12.5. The first-order chi connectivity index (χ1) is 17.3. The first kappa shape index (κ1) is 25.4. The summed E-state index contributed by atoms with van der Waals surface area (Å²) in [4.78, 5) is 12.5. The van der Waals surface area contributed by atoms with Crippen LogP contribution in [0.1, 0.15) is 17.1 Å². The van der Waals surface area contributed by atoms with E-state index in [2.05, 4.69) is 32.4 Å². The molecule has 0 unspecified atom stereocenters. The van der Waals surface area contributed by atoms with Gasteiger partial charge in [0, 0.05) is 37.6 Å². The topological polar surface area (TPSA) is 74.0 Å². The summed E-state index contributed by atoms with van der Waals surface area (Å²) in [5.41, 5.74) is 2.64. The zero-order chi connectivity index (χ0) is 25.5. The number of thioether (sulfide) groups is 1. The number of aryl methyl sites for hydroxylation is 2. The van der Waals surface area contributed by atoms with Gasteiger partial charge in [0.15, 0.2) is 5.16 Å². The van der Waals surface area contributed by atoms with Gasteiger partial charge >= 0.3 is 6.36 Å². The Morgan fingerprint density at radius 2 is 1.78 bits per heavy atom. The zero-order valence-corrected chi connectivity index (χ0v) is 20.2. The van der Waals surface area contributed by atoms with Gasteiger partial charge in [0.25, 0.3) is 0 Å². The van der Waals surface area contributed by atoms with E-state index in [0.29, 0.717) is 23.8 Å². The summed E-state index contributed by atoms with van der Waals surface area (Å²) in [6.45, 7) is 0.654. The fourth-order valence-electron chi connectivity index (χ4n) is 3.58. The summed E-state index contributed by atoms with van der Waals surface area (Å²) in [7, 11) is 1.97. The summed E-state index contributed by atoms with van der Waals surface area (Å²) in [5.74, 6) is 0.197. The van der Waals surface area contributed by atoms with Crippen LogP contribution in [-0.2, 0) is 31.2 Å². The molecule has 2 heterocycles. The Kier molecular flexibility index (Phi) is 7.99. The molecule has 0 aliphatic heterocycles. The quantitative estimate of drug-likeness (QED) is 0.298. The Hall–Kier alpha value is -3.73. The van der Waals surface area contributed by atoms with Crippen molar-refractivity contribution in [2.24, 2.45) is 7.05 Å². The summed E-state index contributed by atoms with van der Waals surface area (Å²) >= 11 is 1.26. The van der Waals surface area contributed by atoms with Crippen molar-refractivity contribution in [3.63, 3.8) is 0 Å². The molecule has 2 aromatic heterocycles. The number of rotatable bonds is 10. The third-order valence-electron chi connectivity index (χ3n) is 5.35. The van der Waals surface area contributed by atoms with Crippen LogP contribution in [0.25, 0.3) is 0 Å². The lowest BCUT2D eigenvalue weighted by Gasteiger charge is -2.11. The molecule has 0 radical (unpaired) electrons. The summed E-state index contributed by atoms with van der Waals surface area (Å²) in [6.07, 6.45) is -1.41. The molecule has 0 saturated heterocycles. The highest BCUT2D eigenvalue weighted by Gasteiger charge is 2.31. The van der Waals surface area contributed by atoms with E-state index in [1.807, 2.05) is 52.7 Å². The van der Waals surface area contributed by atoms with Crippen LogP contribution in [0.4, 0.5) is 18.9 Å². The molecule has 0 saturated carbocycles. The largest absolute Gasteiger partial charge is 0.573 e. The van der Waals surface area contributed by atoms with Crippen molar-refractivity contribution in [2.45, 2.75) is 30.9 Å². The summed E-state index contributed by atoms with van der Waals surface area (Å²) in [5, 5.41) is 12.0. The van der Waals surface area contributed by atoms with Crippen molar-refractivity contribution >= 4 is 23.4 Å². The minimum Gasteiger partial charge on any atom is -0.406 e. The van der Waals surface area contributed by atoms with E-state index in [-0.39, 0.29) is 17.4 Å². The molecule has 1 amide bonds. The minimum atomic E-state index is -4.77. The monoisotopic (exact) mass is 515 g/mol. The molecule has 1 N–H and O–H groups in total. The fraction of sp³-hybridized carbons (Fsp3) is 0.240. The average Bonchev–Trinajstić information content (AvgIpc) is 3.43. The third kappa shape index (κ3) is 7.14. The molecular formula is C25H24F3N5O2S. The van der Waals surface area contributed by atoms with E-state index in [4.69, 9.17) is 0 Å². The number of benzene rings is 2. The highest BCUT2D eigenvalue weighted by Crippen LogP contribution is 2.25. The number of amides is 1. The van der Waals surface area contributed by atoms with Gasteiger partial charge < -0.3 is 19.2 Å². The summed E-state index contributed by atoms with van der Waals surface area (Å²) < 4.78 is 44.9. The van der Waals surface area contributed by atoms with Gasteiger partial charge in [-0.2, -0.15) is 0 Å². The van der Waals surface area contributed by atoms with Gasteiger partial charge in [0.1, 0.15) is 11.6 Å². The molecule has 0 aliphatic carbocycles. The van der Waals surface area contributed by atoms with Crippen LogP contribution in [0.2, 0.25) is 0 Å². The maximum absolute atomic E-state index is 12.5. The lowest BCUT2D eigenvalue weighted by molar-refractivity contribution is -0.274. The number of hydrogen-bond donors (Lipinski definition) is 1. The number of anilines is 1. The standard InChI is InChI=1S/C25H24F3N5O2S/c1-32-14-5-8-20(32)16-22-30-31-24(33(22)15-13-18-6-3-2-4-7-18)36-17-23(34)29-19-9-11-21(12-10-19)35-25(26,27)28/h2-12,14H,13,15-17H2,1H3,(H,29,34). The molecule has 188 valence electrons. The lowest BCUT2D eigenvalue weighted by Crippen LogP contribution is -2.17. The molecule has 0 atom stereocenters. The second kappa shape index (κ2) is 11.3. The highest BCUT2D eigenvalue weighted by atomic mass is 32.2. The van der Waals surface area contributed by atoms with Gasteiger partial charge in [-0.05, 0) is 48.4 Å². The number of hydrogen-bond acceptors (Lipinski definition) is 5. The van der Waals surface area contributed by atoms with Gasteiger partial charge in [-0.3, -0.25) is 4.79 Å². The first-order valence-corrected chi connectivity index (χ1v) is 12.1. The van der Waals surface area contributed by atoms with Crippen LogP contribution in [0.3, 0.4) is 0 Å². The van der Waals surface area contributed by atoms with Gasteiger partial charge in [-0.1, -0.05) is 42.1 Å². The number of nitrogens with one attached hydrogen (secondary N) is 1. The van der Waals surface area contributed by atoms with Crippen molar-refractivity contribution in [1.29, 1.82) is 0 Å². The Labute approximate surface area is 210 Å². The van der Waals surface area contributed by atoms with Crippen LogP contribution in [-0.4, -0.2) is 37.4 Å². The Bertz CT molecular complexity index is 1290. The number of nitrogens with zero attached hydrogens (tertiary/aromatic N) is 4. The van der Waals surface area contributed by atoms with Crippen molar-refractivity contribution in [3.8, 4) is 5.75 Å². The molecule has 7 nitrogen and oxygen atoms in total. The van der Waals surface area contributed by atoms with E-state index in [0.717, 1.165) is 30.1 Å². The van der Waals surface area contributed by atoms with Crippen molar-refractivity contribution in [3.05, 3.63) is 90.0 Å². The SMILES string of the molecule is Cn1cccc1Cc1nnc(SCC(=O)Nc2ccc(OC(F)(F)F)cc2)n1CCc1ccccc1.